The molecule has 0 spiro atoms. The van der Waals surface area contributed by atoms with Crippen LogP contribution in [0.2, 0.25) is 0 Å². The number of benzene rings is 8. The standard InChI is InChI=1S/C53H31N3S2/c1-2-13-32(14-3-1)39-30-41-34-15-4-7-20-43(34)55(33-26-27-49-42(29-33)35-16-6-9-24-48(35)57-49)47(41)31-40(39)36-18-10-22-45-51(36)37-17-5-8-21-44(37)56(45)46-23-11-19-38-52-50(58-53(38)46)25-12-28-54-52/h1-31H. The van der Waals surface area contributed by atoms with Gasteiger partial charge >= 0.3 is 0 Å². The fourth-order valence-electron chi connectivity index (χ4n) is 9.51. The average Bonchev–Trinajstić information content (AvgIpc) is 4.03. The Hall–Kier alpha value is -7.05. The van der Waals surface area contributed by atoms with Crippen molar-refractivity contribution in [2.24, 2.45) is 0 Å². The third-order valence-corrected chi connectivity index (χ3v) is 14.3. The summed E-state index contributed by atoms with van der Waals surface area (Å²) in [5.41, 5.74) is 13.0. The monoisotopic (exact) mass is 773 g/mol. The van der Waals surface area contributed by atoms with Gasteiger partial charge in [0.1, 0.15) is 0 Å². The zero-order chi connectivity index (χ0) is 37.9. The van der Waals surface area contributed by atoms with E-state index in [0.717, 1.165) is 5.52 Å². The summed E-state index contributed by atoms with van der Waals surface area (Å²) in [5.74, 6) is 0. The van der Waals surface area contributed by atoms with Crippen LogP contribution in [0.25, 0.3) is 118 Å². The van der Waals surface area contributed by atoms with E-state index in [1.807, 2.05) is 34.9 Å². The van der Waals surface area contributed by atoms with E-state index in [2.05, 4.69) is 185 Å². The quantitative estimate of drug-likeness (QED) is 0.175. The Morgan fingerprint density at radius 2 is 1.09 bits per heavy atom. The van der Waals surface area contributed by atoms with Gasteiger partial charge < -0.3 is 9.13 Å². The summed E-state index contributed by atoms with van der Waals surface area (Å²) in [5, 5.41) is 8.78. The van der Waals surface area contributed by atoms with Crippen LogP contribution < -0.4 is 0 Å². The SMILES string of the molecule is c1ccc(-c2cc3c4ccccc4n(-c4ccc5sc6ccccc6c5c4)c3cc2-c2cccc3c2c2ccccc2n3-c2cccc3c2sc2cccnc23)cc1. The molecule has 5 aromatic heterocycles. The zero-order valence-electron chi connectivity index (χ0n) is 31.1. The maximum absolute atomic E-state index is 4.80. The maximum atomic E-state index is 4.80. The second-order valence-corrected chi connectivity index (χ2v) is 17.2. The molecule has 0 aliphatic carbocycles. The number of nitrogens with zero attached hydrogens (tertiary/aromatic N) is 3. The molecule has 5 heterocycles. The van der Waals surface area contributed by atoms with Gasteiger partial charge in [-0.2, -0.15) is 0 Å². The molecule has 270 valence electrons. The van der Waals surface area contributed by atoms with Gasteiger partial charge in [0, 0.05) is 59.0 Å². The molecule has 8 aromatic carbocycles. The van der Waals surface area contributed by atoms with Gasteiger partial charge in [0.05, 0.1) is 42.7 Å². The highest BCUT2D eigenvalue weighted by Crippen LogP contribution is 2.47. The lowest BCUT2D eigenvalue weighted by atomic mass is 9.90. The Bertz CT molecular complexity index is 3810. The fourth-order valence-corrected chi connectivity index (χ4v) is 11.8. The average molecular weight is 774 g/mol. The predicted molar refractivity (Wildman–Crippen MR) is 250 cm³/mol. The van der Waals surface area contributed by atoms with E-state index in [4.69, 9.17) is 4.98 Å². The first kappa shape index (κ1) is 32.1. The van der Waals surface area contributed by atoms with Crippen molar-refractivity contribution in [3.63, 3.8) is 0 Å². The smallest absolute Gasteiger partial charge is 0.0889 e. The van der Waals surface area contributed by atoms with Crippen molar-refractivity contribution >= 4 is 107 Å². The van der Waals surface area contributed by atoms with Crippen molar-refractivity contribution in [2.75, 3.05) is 0 Å². The molecule has 58 heavy (non-hydrogen) atoms. The second-order valence-electron chi connectivity index (χ2n) is 15.1. The summed E-state index contributed by atoms with van der Waals surface area (Å²) >= 11 is 3.69. The highest BCUT2D eigenvalue weighted by Gasteiger charge is 2.23. The third kappa shape index (κ3) is 4.51. The van der Waals surface area contributed by atoms with Gasteiger partial charge in [0.25, 0.3) is 0 Å². The molecular formula is C53H31N3S2. The molecule has 0 atom stereocenters. The van der Waals surface area contributed by atoms with Crippen LogP contribution in [0.4, 0.5) is 0 Å². The van der Waals surface area contributed by atoms with Crippen LogP contribution in [0.5, 0.6) is 0 Å². The van der Waals surface area contributed by atoms with Gasteiger partial charge in [-0.1, -0.05) is 109 Å². The third-order valence-electron chi connectivity index (χ3n) is 12.0. The fraction of sp³-hybridized carbons (Fsp3) is 0. The van der Waals surface area contributed by atoms with Crippen LogP contribution in [0.3, 0.4) is 0 Å². The van der Waals surface area contributed by atoms with Gasteiger partial charge in [-0.15, -0.1) is 22.7 Å². The summed E-state index contributed by atoms with van der Waals surface area (Å²) in [7, 11) is 0. The van der Waals surface area contributed by atoms with E-state index in [0.29, 0.717) is 0 Å². The minimum atomic E-state index is 1.06. The molecule has 0 bridgehead atoms. The van der Waals surface area contributed by atoms with E-state index >= 15 is 0 Å². The highest BCUT2D eigenvalue weighted by molar-refractivity contribution is 7.26. The van der Waals surface area contributed by atoms with Crippen molar-refractivity contribution in [3.05, 3.63) is 188 Å². The Morgan fingerprint density at radius 3 is 1.98 bits per heavy atom. The normalized spacial score (nSPS) is 12.1. The number of para-hydroxylation sites is 2. The van der Waals surface area contributed by atoms with E-state index in [-0.39, 0.29) is 0 Å². The molecule has 13 aromatic rings. The van der Waals surface area contributed by atoms with Crippen molar-refractivity contribution < 1.29 is 0 Å². The second kappa shape index (κ2) is 12.2. The van der Waals surface area contributed by atoms with Gasteiger partial charge in [-0.05, 0) is 95.1 Å². The van der Waals surface area contributed by atoms with E-state index in [9.17, 15) is 0 Å². The summed E-state index contributed by atoms with van der Waals surface area (Å²) in [4.78, 5) is 4.80. The van der Waals surface area contributed by atoms with Gasteiger partial charge in [-0.3, -0.25) is 4.98 Å². The van der Waals surface area contributed by atoms with Crippen LogP contribution in [-0.4, -0.2) is 14.1 Å². The van der Waals surface area contributed by atoms with Crippen molar-refractivity contribution in [3.8, 4) is 33.6 Å². The molecule has 0 saturated carbocycles. The first-order valence-electron chi connectivity index (χ1n) is 19.6. The van der Waals surface area contributed by atoms with E-state index in [1.54, 1.807) is 0 Å². The summed E-state index contributed by atoms with van der Waals surface area (Å²) < 4.78 is 10.0. The molecule has 0 unspecified atom stereocenters. The first-order chi connectivity index (χ1) is 28.8. The van der Waals surface area contributed by atoms with E-state index < -0.39 is 0 Å². The van der Waals surface area contributed by atoms with Gasteiger partial charge in [0.15, 0.2) is 0 Å². The highest BCUT2D eigenvalue weighted by atomic mass is 32.1. The minimum Gasteiger partial charge on any atom is -0.309 e. The predicted octanol–water partition coefficient (Wildman–Crippen LogP) is 15.3. The summed E-state index contributed by atoms with van der Waals surface area (Å²) in [6.45, 7) is 0. The Balaban J connectivity index is 1.14. The molecule has 0 aliphatic heterocycles. The number of hydrogen-bond acceptors (Lipinski definition) is 3. The molecule has 3 nitrogen and oxygen atoms in total. The van der Waals surface area contributed by atoms with Crippen LogP contribution >= 0.6 is 22.7 Å². The molecule has 5 heteroatoms. The molecule has 0 fully saturated rings. The van der Waals surface area contributed by atoms with Crippen molar-refractivity contribution in [1.82, 2.24) is 14.1 Å². The first-order valence-corrected chi connectivity index (χ1v) is 21.3. The zero-order valence-corrected chi connectivity index (χ0v) is 32.7. The Kier molecular flexibility index (Phi) is 6.76. The molecule has 0 amide bonds. The number of pyridine rings is 1. The van der Waals surface area contributed by atoms with Crippen molar-refractivity contribution in [1.29, 1.82) is 0 Å². The molecule has 0 radical (unpaired) electrons. The number of fused-ring (bicyclic) bond motifs is 12. The lowest BCUT2D eigenvalue weighted by Crippen LogP contribution is -1.95. The number of rotatable bonds is 4. The van der Waals surface area contributed by atoms with Crippen molar-refractivity contribution in [2.45, 2.75) is 0 Å². The molecular weight excluding hydrogens is 743 g/mol. The lowest BCUT2D eigenvalue weighted by molar-refractivity contribution is 1.19. The summed E-state index contributed by atoms with van der Waals surface area (Å²) in [6.07, 6.45) is 1.90. The minimum absolute atomic E-state index is 1.06. The Labute approximate surface area is 340 Å². The maximum Gasteiger partial charge on any atom is 0.0889 e. The molecule has 0 N–H and O–H groups in total. The van der Waals surface area contributed by atoms with Crippen LogP contribution in [0.15, 0.2) is 188 Å². The Morgan fingerprint density at radius 1 is 0.379 bits per heavy atom. The molecule has 0 aliphatic rings. The number of hydrogen-bond donors (Lipinski definition) is 0. The van der Waals surface area contributed by atoms with Crippen LogP contribution in [0, 0.1) is 0 Å². The largest absolute Gasteiger partial charge is 0.309 e. The molecule has 0 saturated heterocycles. The van der Waals surface area contributed by atoms with E-state index in [1.165, 1.54) is 112 Å². The molecule has 13 rings (SSSR count). The summed E-state index contributed by atoms with van der Waals surface area (Å²) in [6, 6.07) is 67.1. The number of aromatic nitrogens is 3. The van der Waals surface area contributed by atoms with Crippen LogP contribution in [0.1, 0.15) is 0 Å². The topological polar surface area (TPSA) is 22.8 Å². The van der Waals surface area contributed by atoms with Crippen LogP contribution in [-0.2, 0) is 0 Å². The lowest BCUT2D eigenvalue weighted by Gasteiger charge is -2.15. The number of thiophene rings is 2. The van der Waals surface area contributed by atoms with Gasteiger partial charge in [-0.25, -0.2) is 0 Å². The van der Waals surface area contributed by atoms with Gasteiger partial charge in [0.2, 0.25) is 0 Å².